The quantitative estimate of drug-likeness (QED) is 0.674. The maximum absolute atomic E-state index is 5.94. The van der Waals surface area contributed by atoms with Gasteiger partial charge in [0.15, 0.2) is 0 Å². The molecule has 0 fully saturated rings. The molecule has 0 unspecified atom stereocenters. The maximum Gasteiger partial charge on any atom is 0.0366 e. The normalized spacial score (nSPS) is 10.3. The van der Waals surface area contributed by atoms with Crippen LogP contribution in [-0.4, -0.2) is 0 Å². The van der Waals surface area contributed by atoms with Gasteiger partial charge in [0.2, 0.25) is 0 Å². The lowest BCUT2D eigenvalue weighted by Crippen LogP contribution is -1.93. The molecule has 0 amide bonds. The Balaban J connectivity index is 2.11. The molecule has 2 aromatic carbocycles. The lowest BCUT2D eigenvalue weighted by atomic mass is 10.2. The first-order chi connectivity index (χ1) is 7.77. The van der Waals surface area contributed by atoms with E-state index in [0.29, 0.717) is 0 Å². The molecule has 0 aliphatic carbocycles. The van der Waals surface area contributed by atoms with E-state index in [-0.39, 0.29) is 0 Å². The van der Waals surface area contributed by atoms with Crippen LogP contribution in [0.3, 0.4) is 0 Å². The van der Waals surface area contributed by atoms with Crippen molar-refractivity contribution < 1.29 is 0 Å². The van der Waals surface area contributed by atoms with Gasteiger partial charge >= 0.3 is 0 Å². The van der Waals surface area contributed by atoms with Crippen LogP contribution in [0.25, 0.3) is 0 Å². The van der Waals surface area contributed by atoms with Crippen molar-refractivity contribution in [2.75, 3.05) is 5.73 Å². The summed E-state index contributed by atoms with van der Waals surface area (Å²) in [5.41, 5.74) is 7.95. The van der Waals surface area contributed by atoms with E-state index < -0.39 is 0 Å². The molecule has 0 aliphatic rings. The second kappa shape index (κ2) is 5.41. The molecule has 0 saturated heterocycles. The van der Waals surface area contributed by atoms with E-state index in [1.54, 1.807) is 11.8 Å². The number of nitrogens with two attached hydrogens (primary N) is 1. The summed E-state index contributed by atoms with van der Waals surface area (Å²) in [5, 5.41) is 0. The molecule has 0 saturated carbocycles. The molecule has 3 heteroatoms. The third-order valence-corrected chi connectivity index (χ3v) is 4.06. The second-order valence-electron chi connectivity index (χ2n) is 3.41. The summed E-state index contributed by atoms with van der Waals surface area (Å²) < 4.78 is 1.08. The predicted molar refractivity (Wildman–Crippen MR) is 74.6 cm³/mol. The van der Waals surface area contributed by atoms with Crippen LogP contribution < -0.4 is 5.73 Å². The van der Waals surface area contributed by atoms with Crippen molar-refractivity contribution in [3.63, 3.8) is 0 Å². The van der Waals surface area contributed by atoms with Gasteiger partial charge in [-0.3, -0.25) is 0 Å². The topological polar surface area (TPSA) is 26.0 Å². The molecule has 0 aromatic heterocycles. The number of benzene rings is 2. The fourth-order valence-electron chi connectivity index (χ4n) is 1.40. The Labute approximate surface area is 108 Å². The van der Waals surface area contributed by atoms with Crippen LogP contribution in [0.15, 0.2) is 57.9 Å². The molecule has 0 aliphatic heterocycles. The van der Waals surface area contributed by atoms with Gasteiger partial charge in [-0.1, -0.05) is 40.2 Å². The van der Waals surface area contributed by atoms with Crippen molar-refractivity contribution in [3.8, 4) is 0 Å². The van der Waals surface area contributed by atoms with Gasteiger partial charge < -0.3 is 5.73 Å². The standard InChI is InChI=1S/C13H12BrNS/c14-12-7-4-8-13(15)11(12)9-16-10-5-2-1-3-6-10/h1-8H,9,15H2. The van der Waals surface area contributed by atoms with Crippen molar-refractivity contribution in [2.45, 2.75) is 10.6 Å². The van der Waals surface area contributed by atoms with E-state index in [2.05, 4.69) is 28.1 Å². The van der Waals surface area contributed by atoms with Crippen molar-refractivity contribution in [3.05, 3.63) is 58.6 Å². The van der Waals surface area contributed by atoms with E-state index in [4.69, 9.17) is 5.73 Å². The third kappa shape index (κ3) is 2.80. The number of hydrogen-bond donors (Lipinski definition) is 1. The SMILES string of the molecule is Nc1cccc(Br)c1CSc1ccccc1. The van der Waals surface area contributed by atoms with E-state index in [1.165, 1.54) is 4.90 Å². The third-order valence-electron chi connectivity index (χ3n) is 2.28. The van der Waals surface area contributed by atoms with Gasteiger partial charge in [-0.2, -0.15) is 0 Å². The fraction of sp³-hybridized carbons (Fsp3) is 0.0769. The first-order valence-electron chi connectivity index (χ1n) is 4.98. The molecule has 0 heterocycles. The predicted octanol–water partition coefficient (Wildman–Crippen LogP) is 4.32. The molecule has 2 aromatic rings. The molecule has 0 spiro atoms. The summed E-state index contributed by atoms with van der Waals surface area (Å²) in [6, 6.07) is 16.3. The van der Waals surface area contributed by atoms with Crippen LogP contribution in [-0.2, 0) is 5.75 Å². The van der Waals surface area contributed by atoms with Crippen molar-refractivity contribution in [1.29, 1.82) is 0 Å². The van der Waals surface area contributed by atoms with E-state index in [9.17, 15) is 0 Å². The highest BCUT2D eigenvalue weighted by Gasteiger charge is 2.04. The molecule has 0 radical (unpaired) electrons. The highest BCUT2D eigenvalue weighted by molar-refractivity contribution is 9.10. The van der Waals surface area contributed by atoms with Crippen LogP contribution >= 0.6 is 27.7 Å². The number of thioether (sulfide) groups is 1. The summed E-state index contributed by atoms with van der Waals surface area (Å²) >= 11 is 5.32. The van der Waals surface area contributed by atoms with Gasteiger partial charge in [-0.05, 0) is 29.8 Å². The van der Waals surface area contributed by atoms with Crippen LogP contribution in [0.2, 0.25) is 0 Å². The minimum Gasteiger partial charge on any atom is -0.398 e. The average Bonchev–Trinajstić information content (AvgIpc) is 2.30. The molecule has 2 rings (SSSR count). The van der Waals surface area contributed by atoms with Crippen molar-refractivity contribution in [1.82, 2.24) is 0 Å². The minimum atomic E-state index is 0.845. The van der Waals surface area contributed by atoms with Gasteiger partial charge in [-0.15, -0.1) is 11.8 Å². The summed E-state index contributed by atoms with van der Waals surface area (Å²) in [7, 11) is 0. The van der Waals surface area contributed by atoms with Gasteiger partial charge in [0.1, 0.15) is 0 Å². The number of nitrogen functional groups attached to an aromatic ring is 1. The van der Waals surface area contributed by atoms with Gasteiger partial charge in [0, 0.05) is 20.8 Å². The molecule has 0 bridgehead atoms. The molecule has 0 atom stereocenters. The molecule has 16 heavy (non-hydrogen) atoms. The summed E-state index contributed by atoms with van der Waals surface area (Å²) in [6.07, 6.45) is 0. The van der Waals surface area contributed by atoms with E-state index >= 15 is 0 Å². The average molecular weight is 294 g/mol. The monoisotopic (exact) mass is 293 g/mol. The van der Waals surface area contributed by atoms with Gasteiger partial charge in [0.25, 0.3) is 0 Å². The van der Waals surface area contributed by atoms with Crippen LogP contribution in [0.4, 0.5) is 5.69 Å². The largest absolute Gasteiger partial charge is 0.398 e. The number of hydrogen-bond acceptors (Lipinski definition) is 2. The Morgan fingerprint density at radius 3 is 2.44 bits per heavy atom. The lowest BCUT2D eigenvalue weighted by molar-refractivity contribution is 1.36. The Bertz CT molecular complexity index is 450. The number of anilines is 1. The van der Waals surface area contributed by atoms with Crippen LogP contribution in [0.5, 0.6) is 0 Å². The van der Waals surface area contributed by atoms with Crippen LogP contribution in [0, 0.1) is 0 Å². The summed E-state index contributed by atoms with van der Waals surface area (Å²) in [6.45, 7) is 0. The Kier molecular flexibility index (Phi) is 3.91. The first-order valence-corrected chi connectivity index (χ1v) is 6.76. The fourth-order valence-corrected chi connectivity index (χ4v) is 3.09. The zero-order valence-electron chi connectivity index (χ0n) is 8.69. The molecular formula is C13H12BrNS. The van der Waals surface area contributed by atoms with E-state index in [0.717, 1.165) is 21.5 Å². The smallest absolute Gasteiger partial charge is 0.0366 e. The summed E-state index contributed by atoms with van der Waals surface area (Å²) in [4.78, 5) is 1.26. The zero-order valence-corrected chi connectivity index (χ0v) is 11.1. The highest BCUT2D eigenvalue weighted by atomic mass is 79.9. The molecule has 82 valence electrons. The minimum absolute atomic E-state index is 0.845. The Morgan fingerprint density at radius 2 is 1.75 bits per heavy atom. The van der Waals surface area contributed by atoms with E-state index in [1.807, 2.05) is 36.4 Å². The molecule has 2 N–H and O–H groups in total. The second-order valence-corrected chi connectivity index (χ2v) is 5.31. The van der Waals surface area contributed by atoms with Crippen molar-refractivity contribution >= 4 is 33.4 Å². The summed E-state index contributed by atoms with van der Waals surface area (Å²) in [5.74, 6) is 0.886. The lowest BCUT2D eigenvalue weighted by Gasteiger charge is -2.07. The number of rotatable bonds is 3. The highest BCUT2D eigenvalue weighted by Crippen LogP contribution is 2.30. The number of halogens is 1. The zero-order chi connectivity index (χ0) is 11.4. The Hall–Kier alpha value is -0.930. The van der Waals surface area contributed by atoms with Gasteiger partial charge in [-0.25, -0.2) is 0 Å². The van der Waals surface area contributed by atoms with Crippen molar-refractivity contribution in [2.24, 2.45) is 0 Å². The molecular weight excluding hydrogens is 282 g/mol. The Morgan fingerprint density at radius 1 is 1.00 bits per heavy atom. The maximum atomic E-state index is 5.94. The van der Waals surface area contributed by atoms with Gasteiger partial charge in [0.05, 0.1) is 0 Å². The molecule has 1 nitrogen and oxygen atoms in total. The van der Waals surface area contributed by atoms with Crippen LogP contribution in [0.1, 0.15) is 5.56 Å². The first kappa shape index (κ1) is 11.6.